The van der Waals surface area contributed by atoms with Crippen LogP contribution in [0, 0.1) is 6.92 Å². The van der Waals surface area contributed by atoms with E-state index in [9.17, 15) is 4.79 Å². The third-order valence-corrected chi connectivity index (χ3v) is 4.25. The third-order valence-electron chi connectivity index (χ3n) is 3.20. The van der Waals surface area contributed by atoms with Crippen LogP contribution in [0.25, 0.3) is 6.08 Å². The lowest BCUT2D eigenvalue weighted by Crippen LogP contribution is -2.26. The van der Waals surface area contributed by atoms with Crippen molar-refractivity contribution in [3.63, 3.8) is 0 Å². The van der Waals surface area contributed by atoms with Gasteiger partial charge in [0, 0.05) is 30.6 Å². The van der Waals surface area contributed by atoms with Crippen molar-refractivity contribution in [2.45, 2.75) is 13.3 Å². The van der Waals surface area contributed by atoms with Crippen molar-refractivity contribution >= 4 is 29.5 Å². The Kier molecular flexibility index (Phi) is 4.91. The molecule has 102 valence electrons. The van der Waals surface area contributed by atoms with Gasteiger partial charge in [0.15, 0.2) is 0 Å². The number of hydrogen-bond donors (Lipinski definition) is 1. The van der Waals surface area contributed by atoms with Crippen molar-refractivity contribution in [3.8, 4) is 0 Å². The smallest absolute Gasteiger partial charge is 0.328 e. The van der Waals surface area contributed by atoms with Gasteiger partial charge in [0.2, 0.25) is 0 Å². The van der Waals surface area contributed by atoms with Gasteiger partial charge in [0.05, 0.1) is 0 Å². The summed E-state index contributed by atoms with van der Waals surface area (Å²) in [6.45, 7) is 4.29. The van der Waals surface area contributed by atoms with Gasteiger partial charge in [-0.25, -0.2) is 4.79 Å². The molecule has 0 aromatic heterocycles. The lowest BCUT2D eigenvalue weighted by Gasteiger charge is -2.24. The maximum absolute atomic E-state index is 10.5. The molecule has 0 bridgehead atoms. The van der Waals surface area contributed by atoms with Crippen molar-refractivity contribution in [1.82, 2.24) is 0 Å². The lowest BCUT2D eigenvalue weighted by molar-refractivity contribution is -0.131. The molecule has 0 spiro atoms. The molecule has 4 heteroatoms. The first-order valence-corrected chi connectivity index (χ1v) is 7.66. The highest BCUT2D eigenvalue weighted by molar-refractivity contribution is 7.99. The molecule has 0 amide bonds. The molecule has 1 aromatic rings. The average Bonchev–Trinajstić information content (AvgIpc) is 2.65. The predicted octanol–water partition coefficient (Wildman–Crippen LogP) is 3.04. The normalized spacial score (nSPS) is 16.6. The van der Waals surface area contributed by atoms with Crippen LogP contribution < -0.4 is 4.90 Å². The van der Waals surface area contributed by atoms with E-state index in [1.54, 1.807) is 6.08 Å². The summed E-state index contributed by atoms with van der Waals surface area (Å²) in [5, 5.41) is 8.64. The SMILES string of the molecule is Cc1cc(C=CC(=O)O)ccc1N1CCCSCC1. The Morgan fingerprint density at radius 3 is 2.95 bits per heavy atom. The molecule has 0 aliphatic carbocycles. The second-order valence-corrected chi connectivity index (χ2v) is 5.90. The van der Waals surface area contributed by atoms with Gasteiger partial charge < -0.3 is 10.0 Å². The van der Waals surface area contributed by atoms with Gasteiger partial charge in [-0.1, -0.05) is 6.07 Å². The fraction of sp³-hybridized carbons (Fsp3) is 0.400. The number of nitrogens with zero attached hydrogens (tertiary/aromatic N) is 1. The predicted molar refractivity (Wildman–Crippen MR) is 82.0 cm³/mol. The summed E-state index contributed by atoms with van der Waals surface area (Å²) in [5.74, 6) is 1.51. The van der Waals surface area contributed by atoms with Gasteiger partial charge in [0.1, 0.15) is 0 Å². The first-order chi connectivity index (χ1) is 9.16. The van der Waals surface area contributed by atoms with E-state index in [0.717, 1.165) is 18.7 Å². The standard InChI is InChI=1S/C15H19NO2S/c1-12-11-13(4-6-15(17)18)3-5-14(12)16-7-2-9-19-10-8-16/h3-6,11H,2,7-10H2,1H3,(H,17,18). The van der Waals surface area contributed by atoms with Crippen LogP contribution >= 0.6 is 11.8 Å². The number of thioether (sulfide) groups is 1. The fourth-order valence-electron chi connectivity index (χ4n) is 2.29. The van der Waals surface area contributed by atoms with Gasteiger partial charge in [-0.2, -0.15) is 11.8 Å². The minimum Gasteiger partial charge on any atom is -0.478 e. The highest BCUT2D eigenvalue weighted by Gasteiger charge is 2.11. The summed E-state index contributed by atoms with van der Waals surface area (Å²) in [6.07, 6.45) is 4.04. The molecular formula is C15H19NO2S. The molecule has 0 unspecified atom stereocenters. The maximum atomic E-state index is 10.5. The number of anilines is 1. The van der Waals surface area contributed by atoms with Gasteiger partial charge in [0.25, 0.3) is 0 Å². The largest absolute Gasteiger partial charge is 0.478 e. The number of carbonyl (C=O) groups is 1. The zero-order chi connectivity index (χ0) is 13.7. The van der Waals surface area contributed by atoms with E-state index < -0.39 is 5.97 Å². The van der Waals surface area contributed by atoms with Crippen molar-refractivity contribution < 1.29 is 9.90 Å². The molecule has 1 heterocycles. The summed E-state index contributed by atoms with van der Waals surface area (Å²) < 4.78 is 0. The molecule has 0 radical (unpaired) electrons. The summed E-state index contributed by atoms with van der Waals surface area (Å²) >= 11 is 2.02. The average molecular weight is 277 g/mol. The maximum Gasteiger partial charge on any atom is 0.328 e. The molecule has 0 saturated carbocycles. The zero-order valence-corrected chi connectivity index (χ0v) is 11.9. The van der Waals surface area contributed by atoms with Gasteiger partial charge in [-0.3, -0.25) is 0 Å². The first kappa shape index (κ1) is 14.0. The molecule has 1 aromatic carbocycles. The Balaban J connectivity index is 2.16. The molecular weight excluding hydrogens is 258 g/mol. The Labute approximate surface area is 118 Å². The number of aliphatic carboxylic acids is 1. The quantitative estimate of drug-likeness (QED) is 0.862. The van der Waals surface area contributed by atoms with Crippen molar-refractivity contribution in [3.05, 3.63) is 35.4 Å². The monoisotopic (exact) mass is 277 g/mol. The van der Waals surface area contributed by atoms with Gasteiger partial charge in [-0.05, 0) is 48.4 Å². The minimum absolute atomic E-state index is 0.911. The van der Waals surface area contributed by atoms with E-state index in [4.69, 9.17) is 5.11 Å². The second kappa shape index (κ2) is 6.66. The summed E-state index contributed by atoms with van der Waals surface area (Å²) in [7, 11) is 0. The van der Waals surface area contributed by atoms with E-state index in [0.29, 0.717) is 0 Å². The third kappa shape index (κ3) is 4.03. The molecule has 19 heavy (non-hydrogen) atoms. The van der Waals surface area contributed by atoms with Crippen molar-refractivity contribution in [2.24, 2.45) is 0 Å². The summed E-state index contributed by atoms with van der Waals surface area (Å²) in [4.78, 5) is 12.9. The molecule has 1 fully saturated rings. The van der Waals surface area contributed by atoms with Crippen LogP contribution in [0.15, 0.2) is 24.3 Å². The highest BCUT2D eigenvalue weighted by Crippen LogP contribution is 2.24. The van der Waals surface area contributed by atoms with E-state index in [2.05, 4.69) is 17.9 Å². The van der Waals surface area contributed by atoms with E-state index in [-0.39, 0.29) is 0 Å². The molecule has 1 N–H and O–H groups in total. The van der Waals surface area contributed by atoms with Gasteiger partial charge >= 0.3 is 5.97 Å². The highest BCUT2D eigenvalue weighted by atomic mass is 32.2. The van der Waals surface area contributed by atoms with Crippen LogP contribution in [0.1, 0.15) is 17.5 Å². The van der Waals surface area contributed by atoms with Crippen molar-refractivity contribution in [2.75, 3.05) is 29.5 Å². The number of benzene rings is 1. The van der Waals surface area contributed by atoms with E-state index in [1.165, 1.54) is 35.3 Å². The van der Waals surface area contributed by atoms with E-state index >= 15 is 0 Å². The Morgan fingerprint density at radius 1 is 1.37 bits per heavy atom. The van der Waals surface area contributed by atoms with Crippen LogP contribution in [0.4, 0.5) is 5.69 Å². The van der Waals surface area contributed by atoms with E-state index in [1.807, 2.05) is 23.9 Å². The Morgan fingerprint density at radius 2 is 2.21 bits per heavy atom. The number of carboxylic acid groups (broad SMARTS) is 1. The molecule has 2 rings (SSSR count). The fourth-order valence-corrected chi connectivity index (χ4v) is 3.18. The number of aryl methyl sites for hydroxylation is 1. The van der Waals surface area contributed by atoms with Crippen molar-refractivity contribution in [1.29, 1.82) is 0 Å². The van der Waals surface area contributed by atoms with Gasteiger partial charge in [-0.15, -0.1) is 0 Å². The van der Waals surface area contributed by atoms with Crippen LogP contribution in [0.2, 0.25) is 0 Å². The molecule has 3 nitrogen and oxygen atoms in total. The Hall–Kier alpha value is -1.42. The molecule has 1 aliphatic rings. The minimum atomic E-state index is -0.911. The number of carboxylic acids is 1. The topological polar surface area (TPSA) is 40.5 Å². The van der Waals surface area contributed by atoms with Crippen LogP contribution in [0.3, 0.4) is 0 Å². The van der Waals surface area contributed by atoms with Crippen LogP contribution in [0.5, 0.6) is 0 Å². The lowest BCUT2D eigenvalue weighted by atomic mass is 10.1. The molecule has 0 atom stereocenters. The molecule has 1 aliphatic heterocycles. The first-order valence-electron chi connectivity index (χ1n) is 6.51. The van der Waals surface area contributed by atoms with Crippen LogP contribution in [-0.4, -0.2) is 35.7 Å². The zero-order valence-electron chi connectivity index (χ0n) is 11.1. The summed E-state index contributed by atoms with van der Waals surface area (Å²) in [5.41, 5.74) is 3.42. The number of rotatable bonds is 3. The second-order valence-electron chi connectivity index (χ2n) is 4.67. The van der Waals surface area contributed by atoms with Crippen LogP contribution in [-0.2, 0) is 4.79 Å². The molecule has 1 saturated heterocycles. The number of hydrogen-bond acceptors (Lipinski definition) is 3. The summed E-state index contributed by atoms with van der Waals surface area (Å²) in [6, 6.07) is 6.14. The Bertz CT molecular complexity index is 477.